The van der Waals surface area contributed by atoms with Gasteiger partial charge >= 0.3 is 0 Å². The van der Waals surface area contributed by atoms with E-state index in [9.17, 15) is 9.59 Å². The zero-order valence-corrected chi connectivity index (χ0v) is 15.8. The summed E-state index contributed by atoms with van der Waals surface area (Å²) in [5.74, 6) is -0.104. The van der Waals surface area contributed by atoms with Crippen molar-refractivity contribution < 1.29 is 14.3 Å². The van der Waals surface area contributed by atoms with Crippen molar-refractivity contribution in [3.8, 4) is 5.75 Å². The third kappa shape index (κ3) is 7.20. The molecule has 0 fully saturated rings. The number of anilines is 1. The van der Waals surface area contributed by atoms with Gasteiger partial charge in [0.25, 0.3) is 0 Å². The predicted molar refractivity (Wildman–Crippen MR) is 97.0 cm³/mol. The first-order chi connectivity index (χ1) is 10.3. The second-order valence-corrected chi connectivity index (χ2v) is 6.02. The van der Waals surface area contributed by atoms with Crippen LogP contribution in [0.25, 0.3) is 0 Å². The van der Waals surface area contributed by atoms with Crippen LogP contribution in [0, 0.1) is 5.92 Å². The van der Waals surface area contributed by atoms with Gasteiger partial charge in [0, 0.05) is 4.47 Å². The van der Waals surface area contributed by atoms with Crippen LogP contribution in [0.3, 0.4) is 0 Å². The Morgan fingerprint density at radius 3 is 2.57 bits per heavy atom. The van der Waals surface area contributed by atoms with Gasteiger partial charge in [0.15, 0.2) is 0 Å². The summed E-state index contributed by atoms with van der Waals surface area (Å²) in [5, 5.41) is 5.23. The molecule has 0 saturated heterocycles. The summed E-state index contributed by atoms with van der Waals surface area (Å²) in [6.45, 7) is 5.90. The normalized spacial score (nSPS) is 11.4. The molecule has 1 aromatic rings. The fourth-order valence-corrected chi connectivity index (χ4v) is 2.00. The van der Waals surface area contributed by atoms with Crippen LogP contribution in [0.1, 0.15) is 20.8 Å². The average Bonchev–Trinajstić information content (AvgIpc) is 2.47. The summed E-state index contributed by atoms with van der Waals surface area (Å²) in [5.41, 5.74) is 6.26. The van der Waals surface area contributed by atoms with Crippen LogP contribution in [0.15, 0.2) is 22.7 Å². The first-order valence-corrected chi connectivity index (χ1v) is 7.90. The fourth-order valence-electron chi connectivity index (χ4n) is 1.66. The quantitative estimate of drug-likeness (QED) is 0.645. The molecule has 0 aliphatic rings. The highest BCUT2D eigenvalue weighted by Crippen LogP contribution is 2.28. The number of halogens is 2. The molecular weight excluding hydrogens is 386 g/mol. The lowest BCUT2D eigenvalue weighted by molar-refractivity contribution is -0.125. The maximum Gasteiger partial charge on any atom is 0.243 e. The molecule has 1 rings (SSSR count). The van der Waals surface area contributed by atoms with Crippen molar-refractivity contribution in [1.29, 1.82) is 0 Å². The van der Waals surface area contributed by atoms with E-state index in [1.807, 2.05) is 20.8 Å². The minimum atomic E-state index is -0.625. The molecule has 0 aliphatic carbocycles. The number of rotatable bonds is 7. The summed E-state index contributed by atoms with van der Waals surface area (Å²) in [7, 11) is 0. The predicted octanol–water partition coefficient (Wildman–Crippen LogP) is 2.31. The van der Waals surface area contributed by atoms with Gasteiger partial charge in [-0.15, -0.1) is 12.4 Å². The first kappa shape index (κ1) is 21.7. The van der Waals surface area contributed by atoms with Gasteiger partial charge < -0.3 is 21.1 Å². The molecule has 23 heavy (non-hydrogen) atoms. The molecular formula is C15H23BrClN3O3. The van der Waals surface area contributed by atoms with Gasteiger partial charge in [-0.25, -0.2) is 0 Å². The molecule has 0 unspecified atom stereocenters. The van der Waals surface area contributed by atoms with Gasteiger partial charge in [0.1, 0.15) is 5.75 Å². The zero-order valence-electron chi connectivity index (χ0n) is 13.4. The molecule has 4 N–H and O–H groups in total. The Balaban J connectivity index is 0.00000484. The van der Waals surface area contributed by atoms with E-state index in [4.69, 9.17) is 10.5 Å². The van der Waals surface area contributed by atoms with Crippen molar-refractivity contribution in [2.24, 2.45) is 11.7 Å². The van der Waals surface area contributed by atoms with E-state index in [1.54, 1.807) is 18.2 Å². The molecule has 130 valence electrons. The highest BCUT2D eigenvalue weighted by atomic mass is 79.9. The number of ether oxygens (including phenoxy) is 1. The number of hydrogen-bond acceptors (Lipinski definition) is 4. The molecule has 0 aliphatic heterocycles. The first-order valence-electron chi connectivity index (χ1n) is 7.10. The lowest BCUT2D eigenvalue weighted by atomic mass is 10.1. The van der Waals surface area contributed by atoms with Gasteiger partial charge in [0.05, 0.1) is 24.9 Å². The van der Waals surface area contributed by atoms with Crippen LogP contribution >= 0.6 is 28.3 Å². The largest absolute Gasteiger partial charge is 0.492 e. The average molecular weight is 409 g/mol. The third-order valence-electron chi connectivity index (χ3n) is 2.96. The molecule has 0 spiro atoms. The van der Waals surface area contributed by atoms with Crippen molar-refractivity contribution in [2.75, 3.05) is 18.5 Å². The van der Waals surface area contributed by atoms with Crippen molar-refractivity contribution >= 4 is 45.8 Å². The van der Waals surface area contributed by atoms with Crippen molar-refractivity contribution in [2.45, 2.75) is 26.8 Å². The van der Waals surface area contributed by atoms with E-state index in [0.717, 1.165) is 4.47 Å². The number of nitrogens with two attached hydrogens (primary N) is 1. The van der Waals surface area contributed by atoms with E-state index in [2.05, 4.69) is 26.6 Å². The van der Waals surface area contributed by atoms with Crippen molar-refractivity contribution in [1.82, 2.24) is 5.32 Å². The van der Waals surface area contributed by atoms with Crippen LogP contribution in [-0.4, -0.2) is 31.0 Å². The van der Waals surface area contributed by atoms with Gasteiger partial charge in [-0.05, 0) is 31.0 Å². The van der Waals surface area contributed by atoms with E-state index >= 15 is 0 Å². The van der Waals surface area contributed by atoms with E-state index in [0.29, 0.717) is 18.0 Å². The van der Waals surface area contributed by atoms with Crippen molar-refractivity contribution in [3.63, 3.8) is 0 Å². The maximum atomic E-state index is 11.9. The van der Waals surface area contributed by atoms with E-state index in [-0.39, 0.29) is 36.7 Å². The Labute approximate surface area is 151 Å². The Bertz CT molecular complexity index is 541. The highest BCUT2D eigenvalue weighted by molar-refractivity contribution is 9.10. The summed E-state index contributed by atoms with van der Waals surface area (Å²) in [6, 6.07) is 4.67. The molecule has 0 radical (unpaired) electrons. The second-order valence-electron chi connectivity index (χ2n) is 5.11. The van der Waals surface area contributed by atoms with Crippen LogP contribution in [0.5, 0.6) is 5.75 Å². The third-order valence-corrected chi connectivity index (χ3v) is 3.45. The molecule has 1 atom stereocenters. The Morgan fingerprint density at radius 1 is 1.35 bits per heavy atom. The summed E-state index contributed by atoms with van der Waals surface area (Å²) in [4.78, 5) is 23.6. The van der Waals surface area contributed by atoms with Crippen LogP contribution in [0.4, 0.5) is 5.69 Å². The van der Waals surface area contributed by atoms with Gasteiger partial charge in [0.2, 0.25) is 11.8 Å². The molecule has 2 amide bonds. The topological polar surface area (TPSA) is 93.5 Å². The highest BCUT2D eigenvalue weighted by Gasteiger charge is 2.18. The summed E-state index contributed by atoms with van der Waals surface area (Å²) in [6.07, 6.45) is 0. The Morgan fingerprint density at radius 2 is 2.00 bits per heavy atom. The number of carbonyl (C=O) groups excluding carboxylic acids is 2. The van der Waals surface area contributed by atoms with Crippen LogP contribution in [-0.2, 0) is 9.59 Å². The SMILES string of the molecule is CCOc1cc(Br)ccc1NC(=O)CNC(=O)[C@@H](N)C(C)C.Cl. The van der Waals surface area contributed by atoms with E-state index < -0.39 is 6.04 Å². The lowest BCUT2D eigenvalue weighted by Gasteiger charge is -2.16. The van der Waals surface area contributed by atoms with Crippen LogP contribution < -0.4 is 21.1 Å². The fraction of sp³-hybridized carbons (Fsp3) is 0.467. The molecule has 8 heteroatoms. The molecule has 0 aromatic heterocycles. The van der Waals surface area contributed by atoms with Gasteiger partial charge in [-0.3, -0.25) is 9.59 Å². The van der Waals surface area contributed by atoms with E-state index in [1.165, 1.54) is 0 Å². The number of carbonyl (C=O) groups is 2. The second kappa shape index (κ2) is 10.5. The Kier molecular flexibility index (Phi) is 9.87. The molecule has 0 saturated carbocycles. The van der Waals surface area contributed by atoms with Crippen molar-refractivity contribution in [3.05, 3.63) is 22.7 Å². The monoisotopic (exact) mass is 407 g/mol. The smallest absolute Gasteiger partial charge is 0.243 e. The maximum absolute atomic E-state index is 11.9. The molecule has 1 aromatic carbocycles. The standard InChI is InChI=1S/C15H22BrN3O3.ClH/c1-4-22-12-7-10(16)5-6-11(12)19-13(20)8-18-15(21)14(17)9(2)3;/h5-7,9,14H,4,8,17H2,1-3H3,(H,18,21)(H,19,20);1H/t14-;/m0./s1. The number of nitrogens with one attached hydrogen (secondary N) is 2. The number of hydrogen-bond donors (Lipinski definition) is 3. The lowest BCUT2D eigenvalue weighted by Crippen LogP contribution is -2.46. The Hall–Kier alpha value is -1.31. The number of benzene rings is 1. The summed E-state index contributed by atoms with van der Waals surface area (Å²) < 4.78 is 6.31. The van der Waals surface area contributed by atoms with Crippen LogP contribution in [0.2, 0.25) is 0 Å². The molecule has 0 heterocycles. The molecule has 0 bridgehead atoms. The molecule has 6 nitrogen and oxygen atoms in total. The summed E-state index contributed by atoms with van der Waals surface area (Å²) >= 11 is 3.35. The minimum Gasteiger partial charge on any atom is -0.492 e. The van der Waals surface area contributed by atoms with Gasteiger partial charge in [-0.1, -0.05) is 29.8 Å². The zero-order chi connectivity index (χ0) is 16.7. The number of amides is 2. The van der Waals surface area contributed by atoms with Gasteiger partial charge in [-0.2, -0.15) is 0 Å². The minimum absolute atomic E-state index is 0.